The van der Waals surface area contributed by atoms with E-state index in [9.17, 15) is 18.0 Å². The number of carbonyl (C=O) groups is 1. The molecule has 126 valence electrons. The number of sulfonamides is 1. The first-order valence-corrected chi connectivity index (χ1v) is 9.49. The zero-order valence-electron chi connectivity index (χ0n) is 12.9. The van der Waals surface area contributed by atoms with Crippen molar-refractivity contribution in [2.45, 2.75) is 50.4 Å². The summed E-state index contributed by atoms with van der Waals surface area (Å²) < 4.78 is 26.4. The Bertz CT molecular complexity index is 746. The van der Waals surface area contributed by atoms with E-state index in [1.54, 1.807) is 4.31 Å². The topological polar surface area (TPSA) is 101 Å². The second-order valence-corrected chi connectivity index (χ2v) is 8.12. The molecule has 23 heavy (non-hydrogen) atoms. The first-order chi connectivity index (χ1) is 10.8. The van der Waals surface area contributed by atoms with Crippen LogP contribution in [0.3, 0.4) is 0 Å². The first-order valence-electron chi connectivity index (χ1n) is 7.64. The smallest absolute Gasteiger partial charge is 0.267 e. The molecule has 2 atom stereocenters. The van der Waals surface area contributed by atoms with E-state index in [4.69, 9.17) is 0 Å². The van der Waals surface area contributed by atoms with Gasteiger partial charge in [-0.25, -0.2) is 13.1 Å². The summed E-state index contributed by atoms with van der Waals surface area (Å²) >= 11 is 0. The Morgan fingerprint density at radius 2 is 2.00 bits per heavy atom. The van der Waals surface area contributed by atoms with Crippen LogP contribution in [0.2, 0.25) is 0 Å². The van der Waals surface area contributed by atoms with E-state index in [0.717, 1.165) is 17.5 Å². The van der Waals surface area contributed by atoms with Crippen molar-refractivity contribution in [3.8, 4) is 0 Å². The van der Waals surface area contributed by atoms with E-state index in [1.165, 1.54) is 24.6 Å². The number of fused-ring (bicyclic) bond motifs is 2. The molecule has 2 fully saturated rings. The summed E-state index contributed by atoms with van der Waals surface area (Å²) in [6.07, 6.45) is 5.61. The highest BCUT2D eigenvalue weighted by atomic mass is 32.2. The fourth-order valence-electron chi connectivity index (χ4n) is 3.71. The van der Waals surface area contributed by atoms with Gasteiger partial charge in [-0.15, -0.1) is 0 Å². The molecule has 2 aliphatic heterocycles. The van der Waals surface area contributed by atoms with Crippen molar-refractivity contribution in [3.05, 3.63) is 28.7 Å². The van der Waals surface area contributed by atoms with Gasteiger partial charge in [-0.1, -0.05) is 0 Å². The first kappa shape index (κ1) is 16.1. The minimum absolute atomic E-state index is 0.0355. The molecular weight excluding hydrogens is 320 g/mol. The summed E-state index contributed by atoms with van der Waals surface area (Å²) in [5.74, 6) is -0.275. The number of nitrogens with zero attached hydrogens (tertiary/aromatic N) is 3. The number of piperidine rings is 1. The Morgan fingerprint density at radius 3 is 2.57 bits per heavy atom. The highest BCUT2D eigenvalue weighted by Crippen LogP contribution is 2.37. The lowest BCUT2D eigenvalue weighted by Gasteiger charge is -2.37. The maximum absolute atomic E-state index is 12.1. The van der Waals surface area contributed by atoms with E-state index in [2.05, 4.69) is 10.4 Å². The number of hydrogen-bond acceptors (Lipinski definition) is 5. The predicted molar refractivity (Wildman–Crippen MR) is 83.2 cm³/mol. The maximum Gasteiger partial charge on any atom is 0.267 e. The quantitative estimate of drug-likeness (QED) is 0.782. The van der Waals surface area contributed by atoms with Crippen LogP contribution in [-0.2, 0) is 21.4 Å². The SMILES string of the molecule is CS(=O)(=O)N1C2CCC1CC(NC(=O)Cn1ncccc1=O)C2. The van der Waals surface area contributed by atoms with Gasteiger partial charge in [0, 0.05) is 30.4 Å². The molecule has 2 unspecified atom stereocenters. The molecule has 3 rings (SSSR count). The van der Waals surface area contributed by atoms with Crippen molar-refractivity contribution in [2.75, 3.05) is 6.26 Å². The maximum atomic E-state index is 12.1. The summed E-state index contributed by atoms with van der Waals surface area (Å²) in [7, 11) is -3.20. The summed E-state index contributed by atoms with van der Waals surface area (Å²) in [4.78, 5) is 23.7. The Morgan fingerprint density at radius 1 is 1.35 bits per heavy atom. The van der Waals surface area contributed by atoms with Crippen LogP contribution in [0.25, 0.3) is 0 Å². The standard InChI is InChI=1S/C14H20N4O4S/c1-23(21,22)18-11-4-5-12(18)8-10(7-11)16-13(19)9-17-14(20)3-2-6-15-17/h2-3,6,10-12H,4-5,7-9H2,1H3,(H,16,19). The van der Waals surface area contributed by atoms with Crippen LogP contribution in [0.1, 0.15) is 25.7 Å². The van der Waals surface area contributed by atoms with E-state index >= 15 is 0 Å². The zero-order valence-corrected chi connectivity index (χ0v) is 13.7. The molecule has 0 aromatic carbocycles. The third-order valence-electron chi connectivity index (χ3n) is 4.49. The summed E-state index contributed by atoms with van der Waals surface area (Å²) in [5.41, 5.74) is -0.324. The Kier molecular flexibility index (Phi) is 4.24. The molecule has 8 nitrogen and oxygen atoms in total. The molecule has 0 radical (unpaired) electrons. The fourth-order valence-corrected chi connectivity index (χ4v) is 5.17. The molecule has 1 amide bonds. The Labute approximate surface area is 134 Å². The number of nitrogens with one attached hydrogen (secondary N) is 1. The van der Waals surface area contributed by atoms with Crippen molar-refractivity contribution in [1.29, 1.82) is 0 Å². The number of hydrogen-bond donors (Lipinski definition) is 1. The monoisotopic (exact) mass is 340 g/mol. The molecule has 1 aromatic heterocycles. The second kappa shape index (κ2) is 6.04. The lowest BCUT2D eigenvalue weighted by atomic mass is 10.00. The van der Waals surface area contributed by atoms with Gasteiger partial charge >= 0.3 is 0 Å². The third kappa shape index (κ3) is 3.45. The van der Waals surface area contributed by atoms with Gasteiger partial charge in [0.05, 0.1) is 6.26 Å². The average Bonchev–Trinajstić information content (AvgIpc) is 2.74. The molecule has 2 aliphatic rings. The van der Waals surface area contributed by atoms with Gasteiger partial charge in [-0.2, -0.15) is 9.40 Å². The molecule has 0 saturated carbocycles. The van der Waals surface area contributed by atoms with Gasteiger partial charge in [-0.3, -0.25) is 9.59 Å². The normalized spacial score (nSPS) is 27.8. The van der Waals surface area contributed by atoms with Crippen LogP contribution < -0.4 is 10.9 Å². The lowest BCUT2D eigenvalue weighted by molar-refractivity contribution is -0.123. The molecule has 0 spiro atoms. The molecule has 9 heteroatoms. The van der Waals surface area contributed by atoms with Gasteiger partial charge in [0.2, 0.25) is 15.9 Å². The highest BCUT2D eigenvalue weighted by molar-refractivity contribution is 7.88. The second-order valence-electron chi connectivity index (χ2n) is 6.23. The zero-order chi connectivity index (χ0) is 16.6. The van der Waals surface area contributed by atoms with Crippen molar-refractivity contribution in [2.24, 2.45) is 0 Å². The molecule has 1 aromatic rings. The molecule has 0 aliphatic carbocycles. The molecule has 1 N–H and O–H groups in total. The van der Waals surface area contributed by atoms with E-state index < -0.39 is 10.0 Å². The summed E-state index contributed by atoms with van der Waals surface area (Å²) in [6.45, 7) is -0.124. The average molecular weight is 340 g/mol. The van der Waals surface area contributed by atoms with Crippen molar-refractivity contribution in [1.82, 2.24) is 19.4 Å². The van der Waals surface area contributed by atoms with Gasteiger partial charge in [-0.05, 0) is 31.7 Å². The number of rotatable bonds is 4. The minimum Gasteiger partial charge on any atom is -0.352 e. The molecule has 3 heterocycles. The fraction of sp³-hybridized carbons (Fsp3) is 0.643. The lowest BCUT2D eigenvalue weighted by Crippen LogP contribution is -2.52. The van der Waals surface area contributed by atoms with Gasteiger partial charge in [0.25, 0.3) is 5.56 Å². The van der Waals surface area contributed by atoms with Crippen LogP contribution in [0.15, 0.2) is 23.1 Å². The minimum atomic E-state index is -3.20. The molecule has 2 bridgehead atoms. The summed E-state index contributed by atoms with van der Waals surface area (Å²) in [5, 5.41) is 6.76. The van der Waals surface area contributed by atoms with Crippen LogP contribution in [0.5, 0.6) is 0 Å². The van der Waals surface area contributed by atoms with Crippen LogP contribution in [-0.4, -0.2) is 52.8 Å². The van der Waals surface area contributed by atoms with E-state index in [-0.39, 0.29) is 36.1 Å². The van der Waals surface area contributed by atoms with Gasteiger partial charge < -0.3 is 5.32 Å². The predicted octanol–water partition coefficient (Wildman–Crippen LogP) is -0.685. The van der Waals surface area contributed by atoms with Crippen LogP contribution in [0.4, 0.5) is 0 Å². The highest BCUT2D eigenvalue weighted by Gasteiger charge is 2.45. The van der Waals surface area contributed by atoms with E-state index in [0.29, 0.717) is 12.8 Å². The van der Waals surface area contributed by atoms with Crippen LogP contribution >= 0.6 is 0 Å². The molecular formula is C14H20N4O4S. The van der Waals surface area contributed by atoms with Gasteiger partial charge in [0.15, 0.2) is 0 Å². The van der Waals surface area contributed by atoms with E-state index in [1.807, 2.05) is 0 Å². The van der Waals surface area contributed by atoms with Crippen molar-refractivity contribution < 1.29 is 13.2 Å². The van der Waals surface area contributed by atoms with Crippen molar-refractivity contribution >= 4 is 15.9 Å². The van der Waals surface area contributed by atoms with Gasteiger partial charge in [0.1, 0.15) is 6.54 Å². The number of amides is 1. The summed E-state index contributed by atoms with van der Waals surface area (Å²) in [6, 6.07) is 2.75. The van der Waals surface area contributed by atoms with Crippen molar-refractivity contribution in [3.63, 3.8) is 0 Å². The Hall–Kier alpha value is -1.74. The number of carbonyl (C=O) groups excluding carboxylic acids is 1. The molecule has 2 saturated heterocycles. The van der Waals surface area contributed by atoms with Crippen LogP contribution in [0, 0.1) is 0 Å². The largest absolute Gasteiger partial charge is 0.352 e. The number of aromatic nitrogens is 2. The third-order valence-corrected chi connectivity index (χ3v) is 5.86. The Balaban J connectivity index is 1.62.